The molecule has 0 saturated carbocycles. The van der Waals surface area contributed by atoms with Crippen molar-refractivity contribution < 1.29 is 14.6 Å². The number of carboxylic acid groups (broad SMARTS) is 1. The molecule has 1 aliphatic heterocycles. The highest BCUT2D eigenvalue weighted by molar-refractivity contribution is 7.99. The summed E-state index contributed by atoms with van der Waals surface area (Å²) in [4.78, 5) is 15.7. The number of nitrogens with zero attached hydrogens (tertiary/aromatic N) is 3. The highest BCUT2D eigenvalue weighted by Gasteiger charge is 2.26. The molecule has 0 aliphatic carbocycles. The van der Waals surface area contributed by atoms with Crippen molar-refractivity contribution in [2.45, 2.75) is 44.0 Å². The van der Waals surface area contributed by atoms with Crippen LogP contribution < -0.4 is 15.2 Å². The number of nitrogens with one attached hydrogen (secondary N) is 1. The number of unbranched alkanes of at least 4 members (excludes halogenated alkanes) is 3. The van der Waals surface area contributed by atoms with Crippen molar-refractivity contribution >= 4 is 23.4 Å². The van der Waals surface area contributed by atoms with Crippen LogP contribution in [0, 0.1) is 0 Å². The molecule has 1 N–H and O–H groups in total. The van der Waals surface area contributed by atoms with Crippen LogP contribution in [0.1, 0.15) is 54.8 Å². The van der Waals surface area contributed by atoms with Gasteiger partial charge in [0.1, 0.15) is 0 Å². The molecule has 0 amide bonds. The van der Waals surface area contributed by atoms with E-state index in [4.69, 9.17) is 4.74 Å². The quantitative estimate of drug-likeness (QED) is 0.417. The predicted octanol–water partition coefficient (Wildman–Crippen LogP) is 4.08. The standard InChI is InChI=1S/C23H24N4O3S/c1-2-3-4-7-14-31-23-25-21-19(26-27-23)17-8-5-6-9-18(17)24-20(30-21)15-10-12-16(13-11-15)22(28)29/h5-6,8-13,20,24H,2-4,7,14H2,1H3,(H,28,29)/p-1/t20-/m0/s1. The number of benzene rings is 2. The van der Waals surface area contributed by atoms with E-state index in [0.717, 1.165) is 29.0 Å². The van der Waals surface area contributed by atoms with Gasteiger partial charge in [0.25, 0.3) is 0 Å². The van der Waals surface area contributed by atoms with Gasteiger partial charge in [-0.15, -0.1) is 10.2 Å². The lowest BCUT2D eigenvalue weighted by molar-refractivity contribution is -0.255. The molecular formula is C23H23N4O3S-. The summed E-state index contributed by atoms with van der Waals surface area (Å²) < 4.78 is 6.21. The van der Waals surface area contributed by atoms with Crippen molar-refractivity contribution in [3.05, 3.63) is 59.7 Å². The average molecular weight is 436 g/mol. The highest BCUT2D eigenvalue weighted by atomic mass is 32.2. The van der Waals surface area contributed by atoms with Gasteiger partial charge < -0.3 is 20.0 Å². The number of thioether (sulfide) groups is 1. The normalized spacial score (nSPS) is 14.5. The van der Waals surface area contributed by atoms with Crippen LogP contribution >= 0.6 is 11.8 Å². The zero-order valence-corrected chi connectivity index (χ0v) is 18.0. The number of hydrogen-bond acceptors (Lipinski definition) is 8. The summed E-state index contributed by atoms with van der Waals surface area (Å²) in [5.74, 6) is 0.121. The van der Waals surface area contributed by atoms with Crippen LogP contribution in [0.5, 0.6) is 5.88 Å². The molecule has 0 spiro atoms. The number of aromatic nitrogens is 3. The number of carbonyl (C=O) groups is 1. The summed E-state index contributed by atoms with van der Waals surface area (Å²) in [6.07, 6.45) is 4.18. The van der Waals surface area contributed by atoms with Crippen molar-refractivity contribution in [2.24, 2.45) is 0 Å². The predicted molar refractivity (Wildman–Crippen MR) is 118 cm³/mol. The Bertz CT molecular complexity index is 1060. The Labute approximate surface area is 185 Å². The first kappa shape index (κ1) is 21.1. The summed E-state index contributed by atoms with van der Waals surface area (Å²) >= 11 is 1.58. The van der Waals surface area contributed by atoms with Crippen molar-refractivity contribution in [3.8, 4) is 17.1 Å². The number of carbonyl (C=O) groups excluding carboxylic acids is 1. The molecular weight excluding hydrogens is 412 g/mol. The third kappa shape index (κ3) is 4.96. The molecule has 1 aliphatic rings. The first-order chi connectivity index (χ1) is 15.2. The first-order valence-corrected chi connectivity index (χ1v) is 11.4. The van der Waals surface area contributed by atoms with Gasteiger partial charge in [-0.05, 0) is 18.1 Å². The summed E-state index contributed by atoms with van der Waals surface area (Å²) in [7, 11) is 0. The smallest absolute Gasteiger partial charge is 0.247 e. The van der Waals surface area contributed by atoms with Gasteiger partial charge in [-0.3, -0.25) is 0 Å². The lowest BCUT2D eigenvalue weighted by Gasteiger charge is -2.19. The number of ether oxygens (including phenoxy) is 1. The third-order valence-corrected chi connectivity index (χ3v) is 5.94. The summed E-state index contributed by atoms with van der Waals surface area (Å²) in [5, 5.41) is 23.7. The largest absolute Gasteiger partial charge is 0.545 e. The van der Waals surface area contributed by atoms with Gasteiger partial charge in [-0.1, -0.05) is 80.4 Å². The summed E-state index contributed by atoms with van der Waals surface area (Å²) in [6, 6.07) is 14.1. The zero-order valence-electron chi connectivity index (χ0n) is 17.2. The second-order valence-electron chi connectivity index (χ2n) is 7.25. The van der Waals surface area contributed by atoms with Crippen LogP contribution in [-0.2, 0) is 0 Å². The number of anilines is 1. The second kappa shape index (κ2) is 9.78. The van der Waals surface area contributed by atoms with E-state index in [0.29, 0.717) is 16.7 Å². The monoisotopic (exact) mass is 435 g/mol. The molecule has 8 heteroatoms. The molecule has 7 nitrogen and oxygen atoms in total. The van der Waals surface area contributed by atoms with E-state index in [1.807, 2.05) is 24.3 Å². The first-order valence-electron chi connectivity index (χ1n) is 10.4. The lowest BCUT2D eigenvalue weighted by Crippen LogP contribution is -2.22. The van der Waals surface area contributed by atoms with Crippen molar-refractivity contribution in [2.75, 3.05) is 11.1 Å². The summed E-state index contributed by atoms with van der Waals surface area (Å²) in [6.45, 7) is 2.19. The lowest BCUT2D eigenvalue weighted by atomic mass is 10.1. The van der Waals surface area contributed by atoms with Gasteiger partial charge in [0.15, 0.2) is 11.9 Å². The van der Waals surface area contributed by atoms with E-state index in [2.05, 4.69) is 27.4 Å². The van der Waals surface area contributed by atoms with Crippen molar-refractivity contribution in [1.29, 1.82) is 0 Å². The average Bonchev–Trinajstić information content (AvgIpc) is 2.95. The fourth-order valence-electron chi connectivity index (χ4n) is 3.35. The maximum absolute atomic E-state index is 11.1. The van der Waals surface area contributed by atoms with Crippen LogP contribution in [0.2, 0.25) is 0 Å². The molecule has 160 valence electrons. The van der Waals surface area contributed by atoms with E-state index in [1.165, 1.54) is 31.4 Å². The van der Waals surface area contributed by atoms with Crippen molar-refractivity contribution in [3.63, 3.8) is 0 Å². The van der Waals surface area contributed by atoms with Gasteiger partial charge in [-0.2, -0.15) is 4.98 Å². The van der Waals surface area contributed by atoms with Crippen LogP contribution in [0.15, 0.2) is 53.7 Å². The molecule has 31 heavy (non-hydrogen) atoms. The number of para-hydroxylation sites is 1. The number of fused-ring (bicyclic) bond motifs is 3. The van der Waals surface area contributed by atoms with E-state index in [-0.39, 0.29) is 5.56 Å². The van der Waals surface area contributed by atoms with Crippen LogP contribution in [0.25, 0.3) is 11.3 Å². The topological polar surface area (TPSA) is 100 Å². The van der Waals surface area contributed by atoms with E-state index in [1.54, 1.807) is 23.9 Å². The Balaban J connectivity index is 1.62. The minimum absolute atomic E-state index is 0.115. The van der Waals surface area contributed by atoms with Gasteiger partial charge in [0, 0.05) is 22.6 Å². The Morgan fingerprint density at radius 1 is 1.10 bits per heavy atom. The van der Waals surface area contributed by atoms with Crippen molar-refractivity contribution in [1.82, 2.24) is 15.2 Å². The van der Waals surface area contributed by atoms with E-state index >= 15 is 0 Å². The Kier molecular flexibility index (Phi) is 6.66. The third-order valence-electron chi connectivity index (χ3n) is 5.01. The fourth-order valence-corrected chi connectivity index (χ4v) is 4.12. The summed E-state index contributed by atoms with van der Waals surface area (Å²) in [5.41, 5.74) is 3.15. The van der Waals surface area contributed by atoms with E-state index in [9.17, 15) is 9.90 Å². The number of aromatic carboxylic acids is 1. The Hall–Kier alpha value is -3.13. The molecule has 0 saturated heterocycles. The fraction of sp³-hybridized carbons (Fsp3) is 0.304. The zero-order chi connectivity index (χ0) is 21.6. The minimum Gasteiger partial charge on any atom is -0.545 e. The Morgan fingerprint density at radius 3 is 2.68 bits per heavy atom. The molecule has 1 aromatic heterocycles. The van der Waals surface area contributed by atoms with Crippen LogP contribution in [0.3, 0.4) is 0 Å². The molecule has 0 fully saturated rings. The number of carboxylic acids is 1. The van der Waals surface area contributed by atoms with Gasteiger partial charge in [-0.25, -0.2) is 0 Å². The van der Waals surface area contributed by atoms with Crippen LogP contribution in [-0.4, -0.2) is 26.9 Å². The van der Waals surface area contributed by atoms with Crippen LogP contribution in [0.4, 0.5) is 5.69 Å². The Morgan fingerprint density at radius 2 is 1.90 bits per heavy atom. The molecule has 0 bridgehead atoms. The van der Waals surface area contributed by atoms with Gasteiger partial charge in [0.2, 0.25) is 11.0 Å². The molecule has 0 unspecified atom stereocenters. The SMILES string of the molecule is CCCCCCSc1nnc2c(n1)O[C@@H](c1ccc(C(=O)[O-])cc1)Nc1ccccc1-2. The van der Waals surface area contributed by atoms with Gasteiger partial charge in [0.05, 0.1) is 5.97 Å². The molecule has 3 aromatic rings. The molecule has 2 heterocycles. The maximum Gasteiger partial charge on any atom is 0.247 e. The highest BCUT2D eigenvalue weighted by Crippen LogP contribution is 2.39. The molecule has 1 atom stereocenters. The van der Waals surface area contributed by atoms with Gasteiger partial charge >= 0.3 is 0 Å². The number of hydrogen-bond donors (Lipinski definition) is 1. The minimum atomic E-state index is -1.21. The maximum atomic E-state index is 11.1. The number of rotatable bonds is 8. The van der Waals surface area contributed by atoms with E-state index < -0.39 is 12.2 Å². The second-order valence-corrected chi connectivity index (χ2v) is 8.32. The molecule has 4 rings (SSSR count). The molecule has 2 aromatic carbocycles. The molecule has 0 radical (unpaired) electrons.